The Labute approximate surface area is 117 Å². The SMILES string of the molecule is CNC(CC(C)(C)OC)C1CCOC2(CCOC2)C1. The first kappa shape index (κ1) is 15.2. The second-order valence-corrected chi connectivity index (χ2v) is 6.65. The van der Waals surface area contributed by atoms with Crippen LogP contribution in [0.15, 0.2) is 0 Å². The normalized spacial score (nSPS) is 33.8. The van der Waals surface area contributed by atoms with Crippen molar-refractivity contribution in [2.75, 3.05) is 34.0 Å². The first-order valence-corrected chi connectivity index (χ1v) is 7.44. The molecule has 1 N–H and O–H groups in total. The molecule has 0 aromatic carbocycles. The van der Waals surface area contributed by atoms with Gasteiger partial charge in [-0.3, -0.25) is 0 Å². The summed E-state index contributed by atoms with van der Waals surface area (Å²) in [5, 5.41) is 3.49. The zero-order valence-electron chi connectivity index (χ0n) is 12.8. The second-order valence-electron chi connectivity index (χ2n) is 6.65. The minimum Gasteiger partial charge on any atom is -0.379 e. The molecule has 3 unspecified atom stereocenters. The monoisotopic (exact) mass is 271 g/mol. The van der Waals surface area contributed by atoms with E-state index in [1.807, 2.05) is 0 Å². The van der Waals surface area contributed by atoms with Gasteiger partial charge in [-0.05, 0) is 46.1 Å². The van der Waals surface area contributed by atoms with Crippen molar-refractivity contribution in [3.8, 4) is 0 Å². The predicted molar refractivity (Wildman–Crippen MR) is 75.4 cm³/mol. The number of rotatable bonds is 5. The van der Waals surface area contributed by atoms with Crippen molar-refractivity contribution in [3.63, 3.8) is 0 Å². The Balaban J connectivity index is 1.98. The van der Waals surface area contributed by atoms with E-state index in [0.29, 0.717) is 12.0 Å². The Morgan fingerprint density at radius 3 is 2.79 bits per heavy atom. The van der Waals surface area contributed by atoms with Crippen LogP contribution in [0.4, 0.5) is 0 Å². The van der Waals surface area contributed by atoms with Gasteiger partial charge in [-0.1, -0.05) is 0 Å². The van der Waals surface area contributed by atoms with E-state index in [1.165, 1.54) is 0 Å². The number of hydrogen-bond acceptors (Lipinski definition) is 4. The summed E-state index contributed by atoms with van der Waals surface area (Å²) in [6.45, 7) is 6.80. The summed E-state index contributed by atoms with van der Waals surface area (Å²) in [7, 11) is 3.85. The molecule has 2 aliphatic rings. The van der Waals surface area contributed by atoms with E-state index in [1.54, 1.807) is 7.11 Å². The lowest BCUT2D eigenvalue weighted by Gasteiger charge is -2.42. The van der Waals surface area contributed by atoms with Crippen LogP contribution in [0.25, 0.3) is 0 Å². The molecule has 3 atom stereocenters. The van der Waals surface area contributed by atoms with Crippen LogP contribution >= 0.6 is 0 Å². The van der Waals surface area contributed by atoms with Gasteiger partial charge in [-0.25, -0.2) is 0 Å². The summed E-state index contributed by atoms with van der Waals surface area (Å²) >= 11 is 0. The molecule has 2 saturated heterocycles. The molecule has 4 heteroatoms. The molecule has 0 aromatic rings. The zero-order chi connectivity index (χ0) is 13.9. The highest BCUT2D eigenvalue weighted by molar-refractivity contribution is 4.94. The minimum absolute atomic E-state index is 0.00473. The number of nitrogens with one attached hydrogen (secondary N) is 1. The molecule has 2 heterocycles. The molecule has 0 bridgehead atoms. The summed E-state index contributed by atoms with van der Waals surface area (Å²) in [5.74, 6) is 0.648. The van der Waals surface area contributed by atoms with Gasteiger partial charge in [0.05, 0.1) is 17.8 Å². The van der Waals surface area contributed by atoms with E-state index in [9.17, 15) is 0 Å². The van der Waals surface area contributed by atoms with Crippen molar-refractivity contribution in [2.45, 2.75) is 56.8 Å². The quantitative estimate of drug-likeness (QED) is 0.830. The Hall–Kier alpha value is -0.160. The third-order valence-corrected chi connectivity index (χ3v) is 4.80. The third-order valence-electron chi connectivity index (χ3n) is 4.80. The van der Waals surface area contributed by atoms with Crippen LogP contribution in [-0.4, -0.2) is 51.2 Å². The molecule has 2 aliphatic heterocycles. The van der Waals surface area contributed by atoms with Gasteiger partial charge in [0, 0.05) is 32.8 Å². The molecule has 0 radical (unpaired) electrons. The first-order valence-electron chi connectivity index (χ1n) is 7.44. The van der Waals surface area contributed by atoms with Crippen LogP contribution in [0.3, 0.4) is 0 Å². The molecule has 112 valence electrons. The lowest BCUT2D eigenvalue weighted by molar-refractivity contribution is -0.107. The Bertz CT molecular complexity index is 287. The smallest absolute Gasteiger partial charge is 0.0939 e. The molecular weight excluding hydrogens is 242 g/mol. The Morgan fingerprint density at radius 1 is 1.42 bits per heavy atom. The van der Waals surface area contributed by atoms with Gasteiger partial charge in [0.25, 0.3) is 0 Å². The third kappa shape index (κ3) is 3.69. The standard InChI is InChI=1S/C15H29NO3/c1-14(2,17-4)10-13(16-3)12-5-7-19-15(9-12)6-8-18-11-15/h12-13,16H,5-11H2,1-4H3. The maximum atomic E-state index is 6.02. The summed E-state index contributed by atoms with van der Waals surface area (Å²) in [6.07, 6.45) is 4.32. The van der Waals surface area contributed by atoms with Crippen LogP contribution in [-0.2, 0) is 14.2 Å². The number of hydrogen-bond donors (Lipinski definition) is 1. The molecule has 19 heavy (non-hydrogen) atoms. The summed E-state index contributed by atoms with van der Waals surface area (Å²) in [6, 6.07) is 0.483. The van der Waals surface area contributed by atoms with Gasteiger partial charge in [0.1, 0.15) is 0 Å². The van der Waals surface area contributed by atoms with Crippen molar-refractivity contribution >= 4 is 0 Å². The zero-order valence-corrected chi connectivity index (χ0v) is 12.8. The van der Waals surface area contributed by atoms with Crippen LogP contribution < -0.4 is 5.32 Å². The van der Waals surface area contributed by atoms with Crippen LogP contribution in [0, 0.1) is 5.92 Å². The molecule has 0 aliphatic carbocycles. The molecule has 2 rings (SSSR count). The van der Waals surface area contributed by atoms with Crippen molar-refractivity contribution in [1.82, 2.24) is 5.32 Å². The molecule has 0 saturated carbocycles. The van der Waals surface area contributed by atoms with Crippen molar-refractivity contribution in [1.29, 1.82) is 0 Å². The van der Waals surface area contributed by atoms with Crippen molar-refractivity contribution in [3.05, 3.63) is 0 Å². The average Bonchev–Trinajstić information content (AvgIpc) is 2.84. The van der Waals surface area contributed by atoms with E-state index in [0.717, 1.165) is 45.5 Å². The van der Waals surface area contributed by atoms with Gasteiger partial charge in [0.15, 0.2) is 0 Å². The maximum absolute atomic E-state index is 6.02. The number of methoxy groups -OCH3 is 1. The fraction of sp³-hybridized carbons (Fsp3) is 1.00. The van der Waals surface area contributed by atoms with Gasteiger partial charge < -0.3 is 19.5 Å². The van der Waals surface area contributed by atoms with Gasteiger partial charge in [-0.2, -0.15) is 0 Å². The van der Waals surface area contributed by atoms with Gasteiger partial charge >= 0.3 is 0 Å². The van der Waals surface area contributed by atoms with E-state index >= 15 is 0 Å². The lowest BCUT2D eigenvalue weighted by Crippen LogP contribution is -2.48. The highest BCUT2D eigenvalue weighted by Crippen LogP contribution is 2.38. The first-order chi connectivity index (χ1) is 9.00. The second kappa shape index (κ2) is 6.08. The van der Waals surface area contributed by atoms with Crippen LogP contribution in [0.1, 0.15) is 39.5 Å². The molecule has 4 nitrogen and oxygen atoms in total. The highest BCUT2D eigenvalue weighted by Gasteiger charge is 2.43. The Kier molecular flexibility index (Phi) is 4.88. The van der Waals surface area contributed by atoms with Gasteiger partial charge in [-0.15, -0.1) is 0 Å². The van der Waals surface area contributed by atoms with Gasteiger partial charge in [0.2, 0.25) is 0 Å². The highest BCUT2D eigenvalue weighted by atomic mass is 16.6. The molecular formula is C15H29NO3. The van der Waals surface area contributed by atoms with Crippen molar-refractivity contribution in [2.24, 2.45) is 5.92 Å². The van der Waals surface area contributed by atoms with E-state index in [2.05, 4.69) is 26.2 Å². The van der Waals surface area contributed by atoms with E-state index in [4.69, 9.17) is 14.2 Å². The summed E-state index contributed by atoms with van der Waals surface area (Å²) in [4.78, 5) is 0. The summed E-state index contributed by atoms with van der Waals surface area (Å²) < 4.78 is 17.2. The topological polar surface area (TPSA) is 39.7 Å². The van der Waals surface area contributed by atoms with Crippen LogP contribution in [0.2, 0.25) is 0 Å². The molecule has 1 spiro atoms. The fourth-order valence-corrected chi connectivity index (χ4v) is 3.39. The predicted octanol–water partition coefficient (Wildman–Crippen LogP) is 1.98. The Morgan fingerprint density at radius 2 is 2.21 bits per heavy atom. The average molecular weight is 271 g/mol. The van der Waals surface area contributed by atoms with Crippen molar-refractivity contribution < 1.29 is 14.2 Å². The lowest BCUT2D eigenvalue weighted by atomic mass is 9.78. The maximum Gasteiger partial charge on any atom is 0.0939 e. The fourth-order valence-electron chi connectivity index (χ4n) is 3.39. The van der Waals surface area contributed by atoms with E-state index < -0.39 is 0 Å². The molecule has 2 fully saturated rings. The van der Waals surface area contributed by atoms with Crippen LogP contribution in [0.5, 0.6) is 0 Å². The summed E-state index contributed by atoms with van der Waals surface area (Å²) in [5.41, 5.74) is -0.0828. The van der Waals surface area contributed by atoms with E-state index in [-0.39, 0.29) is 11.2 Å². The molecule has 0 amide bonds. The minimum atomic E-state index is -0.0781. The molecule has 0 aromatic heterocycles. The number of ether oxygens (including phenoxy) is 3. The largest absolute Gasteiger partial charge is 0.379 e.